The summed E-state index contributed by atoms with van der Waals surface area (Å²) in [7, 11) is 0. The van der Waals surface area contributed by atoms with Crippen LogP contribution in [-0.2, 0) is 16.8 Å². The molecule has 0 fully saturated rings. The van der Waals surface area contributed by atoms with E-state index in [0.717, 1.165) is 34.8 Å². The summed E-state index contributed by atoms with van der Waals surface area (Å²) in [4.78, 5) is 0. The molecule has 0 N–H and O–H groups in total. The molecule has 0 bridgehead atoms. The van der Waals surface area contributed by atoms with Crippen LogP contribution in [0.4, 0.5) is 0 Å². The Balaban J connectivity index is 1.58. The molecule has 1 atom stereocenters. The second-order valence-electron chi connectivity index (χ2n) is 8.42. The molecule has 3 nitrogen and oxygen atoms in total. The molecule has 164 valence electrons. The molecule has 0 saturated carbocycles. The van der Waals surface area contributed by atoms with Crippen LogP contribution in [0.5, 0.6) is 17.2 Å². The SMILES string of the molecule is CCC(C)Oc1ccc(C(C)(C)COCc2cccc(Oc3ccccc3)c2)cc1Cl. The molecule has 3 aromatic carbocycles. The van der Waals surface area contributed by atoms with Crippen molar-refractivity contribution in [2.45, 2.75) is 52.2 Å². The van der Waals surface area contributed by atoms with E-state index in [1.165, 1.54) is 0 Å². The summed E-state index contributed by atoms with van der Waals surface area (Å²) in [5.74, 6) is 2.35. The van der Waals surface area contributed by atoms with Crippen molar-refractivity contribution in [1.82, 2.24) is 0 Å². The highest BCUT2D eigenvalue weighted by Crippen LogP contribution is 2.33. The average Bonchev–Trinajstić information content (AvgIpc) is 2.76. The van der Waals surface area contributed by atoms with Crippen LogP contribution >= 0.6 is 11.6 Å². The van der Waals surface area contributed by atoms with E-state index in [2.05, 4.69) is 26.8 Å². The van der Waals surface area contributed by atoms with Crippen LogP contribution in [0.1, 0.15) is 45.2 Å². The number of halogens is 1. The molecule has 3 rings (SSSR count). The Kier molecular flexibility index (Phi) is 8.00. The molecule has 1 unspecified atom stereocenters. The first-order chi connectivity index (χ1) is 14.9. The molecule has 3 aromatic rings. The van der Waals surface area contributed by atoms with E-state index in [1.54, 1.807) is 0 Å². The molecule has 0 aliphatic heterocycles. The predicted octanol–water partition coefficient (Wildman–Crippen LogP) is 7.80. The van der Waals surface area contributed by atoms with Gasteiger partial charge < -0.3 is 14.2 Å². The van der Waals surface area contributed by atoms with E-state index in [-0.39, 0.29) is 11.5 Å². The van der Waals surface area contributed by atoms with Gasteiger partial charge in [-0.1, -0.05) is 68.8 Å². The fraction of sp³-hybridized carbons (Fsp3) is 0.333. The lowest BCUT2D eigenvalue weighted by Crippen LogP contribution is -2.24. The molecule has 0 saturated heterocycles. The fourth-order valence-corrected chi connectivity index (χ4v) is 3.37. The molecule has 0 aliphatic rings. The number of hydrogen-bond acceptors (Lipinski definition) is 3. The Hall–Kier alpha value is -2.49. The molecule has 0 aliphatic carbocycles. The fourth-order valence-electron chi connectivity index (χ4n) is 3.15. The third-order valence-electron chi connectivity index (χ3n) is 5.23. The van der Waals surface area contributed by atoms with Crippen molar-refractivity contribution in [2.75, 3.05) is 6.61 Å². The molecule has 0 radical (unpaired) electrons. The minimum absolute atomic E-state index is 0.140. The van der Waals surface area contributed by atoms with Gasteiger partial charge in [-0.3, -0.25) is 0 Å². The van der Waals surface area contributed by atoms with Crippen LogP contribution in [0.25, 0.3) is 0 Å². The Morgan fingerprint density at radius 1 is 0.903 bits per heavy atom. The van der Waals surface area contributed by atoms with E-state index in [9.17, 15) is 0 Å². The van der Waals surface area contributed by atoms with Crippen LogP contribution in [0, 0.1) is 0 Å². The Morgan fingerprint density at radius 2 is 1.65 bits per heavy atom. The zero-order valence-corrected chi connectivity index (χ0v) is 19.5. The average molecular weight is 439 g/mol. The summed E-state index contributed by atoms with van der Waals surface area (Å²) in [6.07, 6.45) is 1.08. The van der Waals surface area contributed by atoms with E-state index >= 15 is 0 Å². The van der Waals surface area contributed by atoms with Crippen molar-refractivity contribution in [3.63, 3.8) is 0 Å². The summed E-state index contributed by atoms with van der Waals surface area (Å²) in [5.41, 5.74) is 2.01. The lowest BCUT2D eigenvalue weighted by molar-refractivity contribution is 0.0824. The Bertz CT molecular complexity index is 969. The van der Waals surface area contributed by atoms with Crippen molar-refractivity contribution in [1.29, 1.82) is 0 Å². The lowest BCUT2D eigenvalue weighted by Gasteiger charge is -2.26. The third kappa shape index (κ3) is 6.75. The van der Waals surface area contributed by atoms with E-state index < -0.39 is 0 Å². The molecule has 0 aromatic heterocycles. The molecule has 0 amide bonds. The van der Waals surface area contributed by atoms with Crippen LogP contribution in [0.15, 0.2) is 72.8 Å². The van der Waals surface area contributed by atoms with Gasteiger partial charge in [-0.2, -0.15) is 0 Å². The van der Waals surface area contributed by atoms with Gasteiger partial charge in [0.05, 0.1) is 24.3 Å². The summed E-state index contributed by atoms with van der Waals surface area (Å²) >= 11 is 6.47. The van der Waals surface area contributed by atoms with Gasteiger partial charge in [0, 0.05) is 5.41 Å². The summed E-state index contributed by atoms with van der Waals surface area (Å²) in [5, 5.41) is 0.636. The van der Waals surface area contributed by atoms with Crippen molar-refractivity contribution in [3.05, 3.63) is 88.9 Å². The van der Waals surface area contributed by atoms with Crippen LogP contribution < -0.4 is 9.47 Å². The highest BCUT2D eigenvalue weighted by Gasteiger charge is 2.22. The first-order valence-electron chi connectivity index (χ1n) is 10.7. The van der Waals surface area contributed by atoms with Crippen molar-refractivity contribution in [2.24, 2.45) is 0 Å². The van der Waals surface area contributed by atoms with Crippen molar-refractivity contribution >= 4 is 11.6 Å². The number of benzene rings is 3. The van der Waals surface area contributed by atoms with Crippen molar-refractivity contribution < 1.29 is 14.2 Å². The van der Waals surface area contributed by atoms with Gasteiger partial charge in [0.25, 0.3) is 0 Å². The smallest absolute Gasteiger partial charge is 0.138 e. The van der Waals surface area contributed by atoms with Gasteiger partial charge in [-0.25, -0.2) is 0 Å². The van der Waals surface area contributed by atoms with Gasteiger partial charge >= 0.3 is 0 Å². The largest absolute Gasteiger partial charge is 0.489 e. The van der Waals surface area contributed by atoms with Gasteiger partial charge in [0.1, 0.15) is 17.2 Å². The van der Waals surface area contributed by atoms with E-state index in [1.807, 2.05) is 73.7 Å². The second-order valence-corrected chi connectivity index (χ2v) is 8.83. The topological polar surface area (TPSA) is 27.7 Å². The molecule has 0 spiro atoms. The maximum absolute atomic E-state index is 6.47. The monoisotopic (exact) mass is 438 g/mol. The molecule has 31 heavy (non-hydrogen) atoms. The maximum Gasteiger partial charge on any atom is 0.138 e. The van der Waals surface area contributed by atoms with E-state index in [0.29, 0.717) is 18.2 Å². The van der Waals surface area contributed by atoms with Crippen LogP contribution in [0.3, 0.4) is 0 Å². The highest BCUT2D eigenvalue weighted by atomic mass is 35.5. The number of para-hydroxylation sites is 1. The Labute approximate surface area is 190 Å². The molecular weight excluding hydrogens is 408 g/mol. The molecule has 0 heterocycles. The first-order valence-corrected chi connectivity index (χ1v) is 11.1. The minimum Gasteiger partial charge on any atom is -0.489 e. The lowest BCUT2D eigenvalue weighted by atomic mass is 9.85. The van der Waals surface area contributed by atoms with Gasteiger partial charge in [-0.15, -0.1) is 0 Å². The number of hydrogen-bond donors (Lipinski definition) is 0. The highest BCUT2D eigenvalue weighted by molar-refractivity contribution is 6.32. The Morgan fingerprint density at radius 3 is 2.35 bits per heavy atom. The molecular formula is C27H31ClO3. The first kappa shape index (κ1) is 23.2. The number of rotatable bonds is 10. The molecule has 4 heteroatoms. The zero-order valence-electron chi connectivity index (χ0n) is 18.7. The van der Waals surface area contributed by atoms with E-state index in [4.69, 9.17) is 25.8 Å². The quantitative estimate of drug-likeness (QED) is 0.323. The predicted molar refractivity (Wildman–Crippen MR) is 127 cm³/mol. The zero-order chi connectivity index (χ0) is 22.3. The van der Waals surface area contributed by atoms with Crippen LogP contribution in [-0.4, -0.2) is 12.7 Å². The van der Waals surface area contributed by atoms with Crippen LogP contribution in [0.2, 0.25) is 5.02 Å². The standard InChI is InChI=1S/C27H31ClO3/c1-5-20(2)30-26-15-14-22(17-25(26)28)27(3,4)19-29-18-21-10-9-13-24(16-21)31-23-11-7-6-8-12-23/h6-17,20H,5,18-19H2,1-4H3. The summed E-state index contributed by atoms with van der Waals surface area (Å²) < 4.78 is 17.9. The third-order valence-corrected chi connectivity index (χ3v) is 5.52. The number of ether oxygens (including phenoxy) is 3. The van der Waals surface area contributed by atoms with Gasteiger partial charge in [-0.05, 0) is 60.9 Å². The minimum atomic E-state index is -0.184. The van der Waals surface area contributed by atoms with Gasteiger partial charge in [0.2, 0.25) is 0 Å². The van der Waals surface area contributed by atoms with Crippen molar-refractivity contribution in [3.8, 4) is 17.2 Å². The normalized spacial score (nSPS) is 12.4. The maximum atomic E-state index is 6.47. The summed E-state index contributed by atoms with van der Waals surface area (Å²) in [6.45, 7) is 9.53. The second kappa shape index (κ2) is 10.7. The summed E-state index contributed by atoms with van der Waals surface area (Å²) in [6, 6.07) is 23.8. The van der Waals surface area contributed by atoms with Gasteiger partial charge in [0.15, 0.2) is 0 Å².